The highest BCUT2D eigenvalue weighted by Gasteiger charge is 2.33. The van der Waals surface area contributed by atoms with Gasteiger partial charge in [-0.3, -0.25) is 9.69 Å². The fourth-order valence-electron chi connectivity index (χ4n) is 2.61. The van der Waals surface area contributed by atoms with Crippen molar-refractivity contribution in [2.75, 3.05) is 13.1 Å². The largest absolute Gasteiger partial charge is 0.416 e. The van der Waals surface area contributed by atoms with Gasteiger partial charge in [0, 0.05) is 13.1 Å². The normalized spacial score (nSPS) is 20.9. The quantitative estimate of drug-likeness (QED) is 0.927. The Morgan fingerprint density at radius 3 is 2.70 bits per heavy atom. The van der Waals surface area contributed by atoms with Crippen molar-refractivity contribution in [3.8, 4) is 0 Å². The summed E-state index contributed by atoms with van der Waals surface area (Å²) >= 11 is 0. The van der Waals surface area contributed by atoms with Gasteiger partial charge in [-0.15, -0.1) is 0 Å². The minimum atomic E-state index is -4.35. The molecule has 1 aromatic carbocycles. The van der Waals surface area contributed by atoms with Gasteiger partial charge in [-0.05, 0) is 31.0 Å². The van der Waals surface area contributed by atoms with Gasteiger partial charge in [0.1, 0.15) is 0 Å². The summed E-state index contributed by atoms with van der Waals surface area (Å²) < 4.78 is 38.7. The van der Waals surface area contributed by atoms with E-state index in [1.54, 1.807) is 6.07 Å². The number of nitrogens with zero attached hydrogens (tertiary/aromatic N) is 1. The molecule has 1 atom stereocenters. The highest BCUT2D eigenvalue weighted by atomic mass is 19.4. The molecule has 2 rings (SSSR count). The number of primary amides is 1. The van der Waals surface area contributed by atoms with Crippen LogP contribution >= 0.6 is 0 Å². The van der Waals surface area contributed by atoms with Crippen molar-refractivity contribution < 1.29 is 18.0 Å². The van der Waals surface area contributed by atoms with E-state index in [0.29, 0.717) is 19.5 Å². The molecule has 0 unspecified atom stereocenters. The Morgan fingerprint density at radius 2 is 2.05 bits per heavy atom. The molecule has 0 radical (unpaired) electrons. The Bertz CT molecular complexity index is 488. The van der Waals surface area contributed by atoms with Gasteiger partial charge in [0.25, 0.3) is 0 Å². The molecule has 0 aliphatic carbocycles. The summed E-state index contributed by atoms with van der Waals surface area (Å²) in [6, 6.07) is 5.55. The lowest BCUT2D eigenvalue weighted by Crippen LogP contribution is -2.40. The molecule has 1 aromatic rings. The minimum absolute atomic E-state index is 0.194. The van der Waals surface area contributed by atoms with Crippen molar-refractivity contribution in [1.29, 1.82) is 0 Å². The molecule has 0 bridgehead atoms. The van der Waals surface area contributed by atoms with Gasteiger partial charge in [0.2, 0.25) is 5.91 Å². The van der Waals surface area contributed by atoms with E-state index in [2.05, 4.69) is 0 Å². The zero-order valence-electron chi connectivity index (χ0n) is 11.0. The van der Waals surface area contributed by atoms with Crippen LogP contribution in [0.3, 0.4) is 0 Å². The Labute approximate surface area is 115 Å². The molecule has 110 valence electrons. The number of hydrogen-bond acceptors (Lipinski definition) is 2. The van der Waals surface area contributed by atoms with Crippen LogP contribution in [0, 0.1) is 5.92 Å². The second kappa shape index (κ2) is 5.83. The molecule has 1 aliphatic rings. The van der Waals surface area contributed by atoms with Gasteiger partial charge in [-0.1, -0.05) is 18.2 Å². The summed E-state index contributed by atoms with van der Waals surface area (Å²) in [6.45, 7) is 1.32. The number of carbonyl (C=O) groups excluding carboxylic acids is 1. The lowest BCUT2D eigenvalue weighted by Gasteiger charge is -2.31. The van der Waals surface area contributed by atoms with Crippen LogP contribution in [0.5, 0.6) is 0 Å². The first kappa shape index (κ1) is 14.8. The Hall–Kier alpha value is -1.56. The lowest BCUT2D eigenvalue weighted by molar-refractivity contribution is -0.138. The van der Waals surface area contributed by atoms with Crippen LogP contribution in [0.25, 0.3) is 0 Å². The van der Waals surface area contributed by atoms with E-state index in [1.807, 2.05) is 4.90 Å². The number of halogens is 3. The van der Waals surface area contributed by atoms with Crippen molar-refractivity contribution in [1.82, 2.24) is 4.90 Å². The molecule has 0 saturated carbocycles. The number of alkyl halides is 3. The standard InChI is InChI=1S/C14H17F3N2O/c15-14(16,17)12-6-2-1-4-10(12)8-19-7-3-5-11(9-19)13(18)20/h1-2,4,6,11H,3,5,7-9H2,(H2,18,20)/t11-/m0/s1. The third kappa shape index (κ3) is 3.50. The fourth-order valence-corrected chi connectivity index (χ4v) is 2.61. The topological polar surface area (TPSA) is 46.3 Å². The maximum Gasteiger partial charge on any atom is 0.416 e. The van der Waals surface area contributed by atoms with Crippen LogP contribution < -0.4 is 5.73 Å². The van der Waals surface area contributed by atoms with Crippen LogP contribution in [-0.2, 0) is 17.5 Å². The molecular weight excluding hydrogens is 269 g/mol. The van der Waals surface area contributed by atoms with Gasteiger partial charge in [0.15, 0.2) is 0 Å². The summed E-state index contributed by atoms with van der Waals surface area (Å²) in [5, 5.41) is 0. The molecule has 20 heavy (non-hydrogen) atoms. The predicted octanol–water partition coefficient (Wildman–Crippen LogP) is 2.40. The van der Waals surface area contributed by atoms with Gasteiger partial charge >= 0.3 is 6.18 Å². The van der Waals surface area contributed by atoms with E-state index < -0.39 is 11.7 Å². The average molecular weight is 286 g/mol. The van der Waals surface area contributed by atoms with Crippen molar-refractivity contribution in [2.45, 2.75) is 25.6 Å². The van der Waals surface area contributed by atoms with E-state index >= 15 is 0 Å². The predicted molar refractivity (Wildman–Crippen MR) is 68.6 cm³/mol. The molecular formula is C14H17F3N2O. The van der Waals surface area contributed by atoms with Crippen LogP contribution in [-0.4, -0.2) is 23.9 Å². The van der Waals surface area contributed by atoms with E-state index in [-0.39, 0.29) is 23.9 Å². The maximum absolute atomic E-state index is 12.9. The van der Waals surface area contributed by atoms with Crippen LogP contribution in [0.1, 0.15) is 24.0 Å². The van der Waals surface area contributed by atoms with Crippen LogP contribution in [0.15, 0.2) is 24.3 Å². The molecule has 1 aliphatic heterocycles. The smallest absolute Gasteiger partial charge is 0.369 e. The molecule has 1 saturated heterocycles. The highest BCUT2D eigenvalue weighted by molar-refractivity contribution is 5.76. The van der Waals surface area contributed by atoms with Gasteiger partial charge in [-0.2, -0.15) is 13.2 Å². The van der Waals surface area contributed by atoms with Crippen LogP contribution in [0.2, 0.25) is 0 Å². The first-order valence-corrected chi connectivity index (χ1v) is 6.54. The molecule has 1 fully saturated rings. The number of piperidine rings is 1. The summed E-state index contributed by atoms with van der Waals surface area (Å²) in [4.78, 5) is 13.1. The van der Waals surface area contributed by atoms with Crippen LogP contribution in [0.4, 0.5) is 13.2 Å². The van der Waals surface area contributed by atoms with Crippen molar-refractivity contribution in [3.63, 3.8) is 0 Å². The van der Waals surface area contributed by atoms with E-state index in [0.717, 1.165) is 12.5 Å². The zero-order chi connectivity index (χ0) is 14.8. The molecule has 6 heteroatoms. The SMILES string of the molecule is NC(=O)[C@H]1CCCN(Cc2ccccc2C(F)(F)F)C1. The molecule has 1 heterocycles. The van der Waals surface area contributed by atoms with E-state index in [1.165, 1.54) is 12.1 Å². The third-order valence-electron chi connectivity index (χ3n) is 3.62. The average Bonchev–Trinajstić information content (AvgIpc) is 2.38. The summed E-state index contributed by atoms with van der Waals surface area (Å²) in [7, 11) is 0. The van der Waals surface area contributed by atoms with Gasteiger partial charge < -0.3 is 5.73 Å². The Balaban J connectivity index is 2.12. The molecule has 3 nitrogen and oxygen atoms in total. The van der Waals surface area contributed by atoms with E-state index in [4.69, 9.17) is 5.73 Å². The number of benzene rings is 1. The Kier molecular flexibility index (Phi) is 4.32. The molecule has 0 aromatic heterocycles. The first-order valence-electron chi connectivity index (χ1n) is 6.54. The number of rotatable bonds is 3. The van der Waals surface area contributed by atoms with Gasteiger partial charge in [0.05, 0.1) is 11.5 Å². The van der Waals surface area contributed by atoms with Crippen molar-refractivity contribution >= 4 is 5.91 Å². The number of likely N-dealkylation sites (tertiary alicyclic amines) is 1. The molecule has 1 amide bonds. The van der Waals surface area contributed by atoms with E-state index in [9.17, 15) is 18.0 Å². The summed E-state index contributed by atoms with van der Waals surface area (Å²) in [5.74, 6) is -0.638. The highest BCUT2D eigenvalue weighted by Crippen LogP contribution is 2.32. The summed E-state index contributed by atoms with van der Waals surface area (Å²) in [5.41, 5.74) is 4.91. The number of hydrogen-bond donors (Lipinski definition) is 1. The lowest BCUT2D eigenvalue weighted by atomic mass is 9.96. The molecule has 2 N–H and O–H groups in total. The maximum atomic E-state index is 12.9. The number of nitrogens with two attached hydrogens (primary N) is 1. The second-order valence-corrected chi connectivity index (χ2v) is 5.13. The van der Waals surface area contributed by atoms with Crippen molar-refractivity contribution in [3.05, 3.63) is 35.4 Å². The summed E-state index contributed by atoms with van der Waals surface area (Å²) in [6.07, 6.45) is -2.86. The number of carbonyl (C=O) groups is 1. The fraction of sp³-hybridized carbons (Fsp3) is 0.500. The second-order valence-electron chi connectivity index (χ2n) is 5.13. The monoisotopic (exact) mass is 286 g/mol. The van der Waals surface area contributed by atoms with Crippen molar-refractivity contribution in [2.24, 2.45) is 11.7 Å². The Morgan fingerprint density at radius 1 is 1.35 bits per heavy atom. The third-order valence-corrected chi connectivity index (χ3v) is 3.62. The zero-order valence-corrected chi connectivity index (χ0v) is 11.0. The van der Waals surface area contributed by atoms with Gasteiger partial charge in [-0.25, -0.2) is 0 Å². The minimum Gasteiger partial charge on any atom is -0.369 e. The molecule has 0 spiro atoms. The number of amides is 1. The first-order chi connectivity index (χ1) is 9.38.